The van der Waals surface area contributed by atoms with Gasteiger partial charge in [-0.1, -0.05) is 80.2 Å². The van der Waals surface area contributed by atoms with Crippen LogP contribution in [0.1, 0.15) is 77.6 Å². The van der Waals surface area contributed by atoms with E-state index in [9.17, 15) is 4.79 Å². The molecule has 0 saturated heterocycles. The van der Waals surface area contributed by atoms with Crippen molar-refractivity contribution in [2.24, 2.45) is 0 Å². The lowest BCUT2D eigenvalue weighted by molar-refractivity contribution is -0.142. The largest absolute Gasteiger partial charge is 0.461 e. The van der Waals surface area contributed by atoms with Gasteiger partial charge in [-0.05, 0) is 30.1 Å². The summed E-state index contributed by atoms with van der Waals surface area (Å²) in [6.07, 6.45) is 16.9. The van der Waals surface area contributed by atoms with Crippen molar-refractivity contribution in [1.82, 2.24) is 0 Å². The van der Waals surface area contributed by atoms with Crippen molar-refractivity contribution in [1.29, 1.82) is 0 Å². The SMILES string of the molecule is CCCCCC/C=C/COC(=O)CCCCCCCI. The van der Waals surface area contributed by atoms with E-state index in [1.165, 1.54) is 49.4 Å². The molecular formula is C17H31IO2. The number of rotatable bonds is 14. The van der Waals surface area contributed by atoms with Crippen LogP contribution in [0.15, 0.2) is 12.2 Å². The van der Waals surface area contributed by atoms with Gasteiger partial charge in [0.2, 0.25) is 0 Å². The van der Waals surface area contributed by atoms with Crippen LogP contribution >= 0.6 is 22.6 Å². The lowest BCUT2D eigenvalue weighted by atomic mass is 10.1. The predicted octanol–water partition coefficient (Wildman–Crippen LogP) is 5.83. The molecule has 118 valence electrons. The zero-order chi connectivity index (χ0) is 14.9. The minimum Gasteiger partial charge on any atom is -0.461 e. The maximum absolute atomic E-state index is 11.4. The second-order valence-corrected chi connectivity index (χ2v) is 6.29. The molecule has 0 rings (SSSR count). The van der Waals surface area contributed by atoms with E-state index in [0.29, 0.717) is 13.0 Å². The minimum atomic E-state index is -0.0467. The summed E-state index contributed by atoms with van der Waals surface area (Å²) in [4.78, 5) is 11.4. The molecule has 0 saturated carbocycles. The molecule has 0 unspecified atom stereocenters. The second-order valence-electron chi connectivity index (χ2n) is 5.21. The first-order valence-corrected chi connectivity index (χ1v) is 9.70. The Morgan fingerprint density at radius 3 is 2.40 bits per heavy atom. The third kappa shape index (κ3) is 16.0. The Bertz CT molecular complexity index is 239. The molecule has 0 bridgehead atoms. The van der Waals surface area contributed by atoms with Gasteiger partial charge in [-0.25, -0.2) is 0 Å². The van der Waals surface area contributed by atoms with Crippen LogP contribution in [0.25, 0.3) is 0 Å². The number of hydrogen-bond acceptors (Lipinski definition) is 2. The van der Waals surface area contributed by atoms with Gasteiger partial charge in [0, 0.05) is 6.42 Å². The first kappa shape index (κ1) is 19.9. The van der Waals surface area contributed by atoms with Crippen molar-refractivity contribution < 1.29 is 9.53 Å². The Morgan fingerprint density at radius 2 is 1.65 bits per heavy atom. The van der Waals surface area contributed by atoms with E-state index in [4.69, 9.17) is 4.74 Å². The van der Waals surface area contributed by atoms with Crippen molar-refractivity contribution in [3.8, 4) is 0 Å². The van der Waals surface area contributed by atoms with Gasteiger partial charge >= 0.3 is 5.97 Å². The number of esters is 1. The maximum atomic E-state index is 11.4. The number of carbonyl (C=O) groups is 1. The highest BCUT2D eigenvalue weighted by Gasteiger charge is 2.00. The molecule has 3 heteroatoms. The number of unbranched alkanes of at least 4 members (excludes halogenated alkanes) is 8. The Balaban J connectivity index is 3.25. The lowest BCUT2D eigenvalue weighted by Gasteiger charge is -2.02. The summed E-state index contributed by atoms with van der Waals surface area (Å²) in [5.41, 5.74) is 0. The van der Waals surface area contributed by atoms with Crippen LogP contribution in [0.5, 0.6) is 0 Å². The quantitative estimate of drug-likeness (QED) is 0.122. The van der Waals surface area contributed by atoms with Gasteiger partial charge in [-0.15, -0.1) is 0 Å². The number of alkyl halides is 1. The molecule has 0 aliphatic rings. The molecule has 0 spiro atoms. The van der Waals surface area contributed by atoms with E-state index in [1.807, 2.05) is 6.08 Å². The maximum Gasteiger partial charge on any atom is 0.306 e. The Hall–Kier alpha value is -0.0600. The topological polar surface area (TPSA) is 26.3 Å². The Labute approximate surface area is 138 Å². The molecule has 0 radical (unpaired) electrons. The summed E-state index contributed by atoms with van der Waals surface area (Å²) in [7, 11) is 0. The number of ether oxygens (including phenoxy) is 1. The van der Waals surface area contributed by atoms with Gasteiger partial charge in [0.05, 0.1) is 0 Å². The fraction of sp³-hybridized carbons (Fsp3) is 0.824. The molecule has 0 aliphatic carbocycles. The summed E-state index contributed by atoms with van der Waals surface area (Å²) >= 11 is 2.41. The molecule has 2 nitrogen and oxygen atoms in total. The average molecular weight is 394 g/mol. The van der Waals surface area contributed by atoms with Crippen molar-refractivity contribution in [3.63, 3.8) is 0 Å². The van der Waals surface area contributed by atoms with Crippen LogP contribution in [0, 0.1) is 0 Å². The van der Waals surface area contributed by atoms with Gasteiger partial charge in [-0.2, -0.15) is 0 Å². The van der Waals surface area contributed by atoms with Crippen molar-refractivity contribution >= 4 is 28.6 Å². The highest BCUT2D eigenvalue weighted by molar-refractivity contribution is 14.1. The van der Waals surface area contributed by atoms with Crippen molar-refractivity contribution in [2.75, 3.05) is 11.0 Å². The normalized spacial score (nSPS) is 11.1. The molecule has 0 aromatic heterocycles. The van der Waals surface area contributed by atoms with E-state index in [0.717, 1.165) is 19.3 Å². The zero-order valence-corrected chi connectivity index (χ0v) is 15.2. The molecule has 0 heterocycles. The van der Waals surface area contributed by atoms with Gasteiger partial charge in [-0.3, -0.25) is 4.79 Å². The van der Waals surface area contributed by atoms with Crippen LogP contribution in [-0.4, -0.2) is 17.0 Å². The lowest BCUT2D eigenvalue weighted by Crippen LogP contribution is -2.03. The fourth-order valence-electron chi connectivity index (χ4n) is 1.98. The van der Waals surface area contributed by atoms with Crippen LogP contribution in [0.4, 0.5) is 0 Å². The first-order chi connectivity index (χ1) is 9.81. The number of allylic oxidation sites excluding steroid dienone is 1. The molecule has 0 amide bonds. The molecule has 20 heavy (non-hydrogen) atoms. The van der Waals surface area contributed by atoms with Gasteiger partial charge in [0.1, 0.15) is 6.61 Å². The number of halogens is 1. The number of carbonyl (C=O) groups excluding carboxylic acids is 1. The summed E-state index contributed by atoms with van der Waals surface area (Å²) in [6, 6.07) is 0. The smallest absolute Gasteiger partial charge is 0.306 e. The van der Waals surface area contributed by atoms with Gasteiger partial charge in [0.15, 0.2) is 0 Å². The van der Waals surface area contributed by atoms with E-state index < -0.39 is 0 Å². The summed E-state index contributed by atoms with van der Waals surface area (Å²) < 4.78 is 6.41. The molecule has 0 N–H and O–H groups in total. The minimum absolute atomic E-state index is 0.0467. The van der Waals surface area contributed by atoms with Crippen molar-refractivity contribution in [3.05, 3.63) is 12.2 Å². The first-order valence-electron chi connectivity index (χ1n) is 8.17. The van der Waals surface area contributed by atoms with Crippen molar-refractivity contribution in [2.45, 2.75) is 77.6 Å². The fourth-order valence-corrected chi connectivity index (χ4v) is 2.52. The molecule has 0 fully saturated rings. The van der Waals surface area contributed by atoms with E-state index in [-0.39, 0.29) is 5.97 Å². The van der Waals surface area contributed by atoms with Crippen LogP contribution in [-0.2, 0) is 9.53 Å². The standard InChI is InChI=1S/C17H31IO2/c1-2-3-4-5-6-10-13-16-20-17(19)14-11-8-7-9-12-15-18/h10,13H,2-9,11-12,14-16H2,1H3/b13-10+. The molecular weight excluding hydrogens is 363 g/mol. The third-order valence-corrected chi connectivity index (χ3v) is 4.01. The highest BCUT2D eigenvalue weighted by atomic mass is 127. The molecule has 0 aromatic rings. The number of hydrogen-bond donors (Lipinski definition) is 0. The summed E-state index contributed by atoms with van der Waals surface area (Å²) in [5, 5.41) is 0. The van der Waals surface area contributed by atoms with E-state index in [1.54, 1.807) is 0 Å². The van der Waals surface area contributed by atoms with E-state index in [2.05, 4.69) is 35.6 Å². The molecule has 0 aliphatic heterocycles. The molecule has 0 aromatic carbocycles. The summed E-state index contributed by atoms with van der Waals surface area (Å²) in [5.74, 6) is -0.0467. The van der Waals surface area contributed by atoms with Gasteiger partial charge in [0.25, 0.3) is 0 Å². The second kappa shape index (κ2) is 17.0. The predicted molar refractivity (Wildman–Crippen MR) is 95.4 cm³/mol. The Morgan fingerprint density at radius 1 is 0.950 bits per heavy atom. The van der Waals surface area contributed by atoms with Crippen LogP contribution in [0.3, 0.4) is 0 Å². The molecule has 0 atom stereocenters. The van der Waals surface area contributed by atoms with Gasteiger partial charge < -0.3 is 4.74 Å². The zero-order valence-electron chi connectivity index (χ0n) is 13.0. The average Bonchev–Trinajstić information content (AvgIpc) is 2.45. The summed E-state index contributed by atoms with van der Waals surface area (Å²) in [6.45, 7) is 2.67. The highest BCUT2D eigenvalue weighted by Crippen LogP contribution is 2.07. The van der Waals surface area contributed by atoms with Crippen LogP contribution in [0.2, 0.25) is 0 Å². The monoisotopic (exact) mass is 394 g/mol. The Kier molecular flexibility index (Phi) is 16.9. The third-order valence-electron chi connectivity index (χ3n) is 3.25. The van der Waals surface area contributed by atoms with E-state index >= 15 is 0 Å². The van der Waals surface area contributed by atoms with Crippen LogP contribution < -0.4 is 0 Å².